The number of thiophene rings is 1. The molecule has 9 heteroatoms. The minimum atomic E-state index is -0.215. The van der Waals surface area contributed by atoms with Gasteiger partial charge in [-0.2, -0.15) is 4.52 Å². The minimum absolute atomic E-state index is 0.193. The van der Waals surface area contributed by atoms with E-state index in [-0.39, 0.29) is 11.7 Å². The van der Waals surface area contributed by atoms with Gasteiger partial charge in [0.25, 0.3) is 5.91 Å². The van der Waals surface area contributed by atoms with Gasteiger partial charge in [0.15, 0.2) is 5.65 Å². The van der Waals surface area contributed by atoms with Crippen LogP contribution in [0.5, 0.6) is 0 Å². The Morgan fingerprint density at radius 1 is 1.24 bits per heavy atom. The van der Waals surface area contributed by atoms with Crippen LogP contribution in [-0.2, 0) is 15.9 Å². The largest absolute Gasteiger partial charge is 0.383 e. The van der Waals surface area contributed by atoms with Gasteiger partial charge in [-0.3, -0.25) is 4.79 Å². The van der Waals surface area contributed by atoms with Gasteiger partial charge in [0.05, 0.1) is 18.6 Å². The molecule has 0 fully saturated rings. The minimum Gasteiger partial charge on any atom is -0.383 e. The van der Waals surface area contributed by atoms with Crippen molar-refractivity contribution in [3.63, 3.8) is 0 Å². The number of amides is 1. The Bertz CT molecular complexity index is 1040. The maximum Gasteiger partial charge on any atom is 0.293 e. The van der Waals surface area contributed by atoms with Crippen LogP contribution in [0.25, 0.3) is 15.9 Å². The summed E-state index contributed by atoms with van der Waals surface area (Å²) in [5, 5.41) is 5.59. The van der Waals surface area contributed by atoms with E-state index in [2.05, 4.69) is 12.0 Å². The van der Waals surface area contributed by atoms with Gasteiger partial charge < -0.3 is 14.4 Å². The van der Waals surface area contributed by atoms with Crippen LogP contribution in [0.4, 0.5) is 0 Å². The molecule has 8 nitrogen and oxygen atoms in total. The van der Waals surface area contributed by atoms with E-state index in [4.69, 9.17) is 19.4 Å². The van der Waals surface area contributed by atoms with Gasteiger partial charge in [-0.05, 0) is 37.7 Å². The second-order valence-electron chi connectivity index (χ2n) is 7.52. The number of aryl methyl sites for hydroxylation is 2. The second kappa shape index (κ2) is 8.33. The summed E-state index contributed by atoms with van der Waals surface area (Å²) in [5.41, 5.74) is 2.08. The zero-order chi connectivity index (χ0) is 20.5. The third-order valence-corrected chi connectivity index (χ3v) is 6.71. The summed E-state index contributed by atoms with van der Waals surface area (Å²) in [6, 6.07) is 0. The van der Waals surface area contributed by atoms with Gasteiger partial charge in [-0.1, -0.05) is 6.92 Å². The van der Waals surface area contributed by atoms with E-state index in [1.54, 1.807) is 35.0 Å². The Morgan fingerprint density at radius 3 is 2.66 bits per heavy atom. The molecule has 3 heterocycles. The lowest BCUT2D eigenvalue weighted by Gasteiger charge is -2.20. The van der Waals surface area contributed by atoms with E-state index in [1.807, 2.05) is 6.92 Å². The zero-order valence-electron chi connectivity index (χ0n) is 17.4. The fourth-order valence-corrected chi connectivity index (χ4v) is 5.41. The smallest absolute Gasteiger partial charge is 0.293 e. The first-order valence-corrected chi connectivity index (χ1v) is 10.8. The van der Waals surface area contributed by atoms with Crippen LogP contribution in [0.1, 0.15) is 52.6 Å². The first-order chi connectivity index (χ1) is 14.0. The highest BCUT2D eigenvalue weighted by atomic mass is 32.1. The number of aromatic nitrogens is 4. The van der Waals surface area contributed by atoms with Crippen molar-refractivity contribution in [1.82, 2.24) is 24.5 Å². The number of fused-ring (bicyclic) bond motifs is 5. The molecule has 3 aromatic heterocycles. The van der Waals surface area contributed by atoms with Crippen molar-refractivity contribution in [3.8, 4) is 0 Å². The molecule has 0 unspecified atom stereocenters. The lowest BCUT2D eigenvalue weighted by Crippen LogP contribution is -2.37. The molecular formula is C20H27N5O3S. The molecule has 0 saturated heterocycles. The highest BCUT2D eigenvalue weighted by molar-refractivity contribution is 7.19. The number of nitrogens with zero attached hydrogens (tertiary/aromatic N) is 5. The lowest BCUT2D eigenvalue weighted by atomic mass is 9.87. The van der Waals surface area contributed by atoms with Crippen LogP contribution in [0.15, 0.2) is 0 Å². The first kappa shape index (κ1) is 20.2. The quantitative estimate of drug-likeness (QED) is 0.588. The van der Waals surface area contributed by atoms with E-state index in [0.29, 0.717) is 32.2 Å². The molecule has 29 heavy (non-hydrogen) atoms. The monoisotopic (exact) mass is 417 g/mol. The number of rotatable bonds is 7. The van der Waals surface area contributed by atoms with Crippen molar-refractivity contribution in [3.05, 3.63) is 22.1 Å². The number of hydrogen-bond acceptors (Lipinski definition) is 7. The number of methoxy groups -OCH3 is 2. The molecule has 0 aliphatic heterocycles. The van der Waals surface area contributed by atoms with E-state index in [0.717, 1.165) is 28.1 Å². The summed E-state index contributed by atoms with van der Waals surface area (Å²) in [5.74, 6) is 1.19. The summed E-state index contributed by atoms with van der Waals surface area (Å²) >= 11 is 1.76. The zero-order valence-corrected chi connectivity index (χ0v) is 18.2. The molecule has 4 rings (SSSR count). The highest BCUT2D eigenvalue weighted by Crippen LogP contribution is 2.42. The molecule has 3 aromatic rings. The topological polar surface area (TPSA) is 81.9 Å². The SMILES string of the molecule is COCCN(CCOC)C(=O)c1nc2c3c4c(sc3nc(C)n2n1)CCC[C@@H]4C. The van der Waals surface area contributed by atoms with Crippen LogP contribution < -0.4 is 0 Å². The van der Waals surface area contributed by atoms with Crippen molar-refractivity contribution in [2.45, 2.75) is 39.0 Å². The number of carbonyl (C=O) groups is 1. The van der Waals surface area contributed by atoms with E-state index in [1.165, 1.54) is 23.3 Å². The maximum absolute atomic E-state index is 13.1. The number of ether oxygens (including phenoxy) is 2. The Kier molecular flexibility index (Phi) is 5.80. The van der Waals surface area contributed by atoms with Crippen molar-refractivity contribution in [2.24, 2.45) is 0 Å². The maximum atomic E-state index is 13.1. The molecule has 156 valence electrons. The fraction of sp³-hybridized carbons (Fsp3) is 0.600. The normalized spacial score (nSPS) is 16.5. The Labute approximate surface area is 173 Å². The summed E-state index contributed by atoms with van der Waals surface area (Å²) in [6.45, 7) is 6.00. The Morgan fingerprint density at radius 2 is 1.97 bits per heavy atom. The van der Waals surface area contributed by atoms with Gasteiger partial charge in [0.2, 0.25) is 5.82 Å². The predicted octanol–water partition coefficient (Wildman–Crippen LogP) is 2.82. The average Bonchev–Trinajstić information content (AvgIpc) is 3.30. The Balaban J connectivity index is 1.80. The first-order valence-electron chi connectivity index (χ1n) is 10.0. The molecule has 0 bridgehead atoms. The van der Waals surface area contributed by atoms with E-state index < -0.39 is 0 Å². The van der Waals surface area contributed by atoms with Crippen LogP contribution in [0.3, 0.4) is 0 Å². The second-order valence-corrected chi connectivity index (χ2v) is 8.60. The van der Waals surface area contributed by atoms with Gasteiger partial charge in [0, 0.05) is 32.2 Å². The summed E-state index contributed by atoms with van der Waals surface area (Å²) in [6.07, 6.45) is 3.47. The Hall–Kier alpha value is -2.10. The van der Waals surface area contributed by atoms with Crippen molar-refractivity contribution >= 4 is 33.1 Å². The van der Waals surface area contributed by atoms with Crippen LogP contribution in [0.2, 0.25) is 0 Å². The fourth-order valence-electron chi connectivity index (χ4n) is 4.04. The van der Waals surface area contributed by atoms with Gasteiger partial charge in [-0.15, -0.1) is 16.4 Å². The van der Waals surface area contributed by atoms with Crippen LogP contribution in [0, 0.1) is 6.92 Å². The molecule has 0 spiro atoms. The van der Waals surface area contributed by atoms with Crippen molar-refractivity contribution < 1.29 is 14.3 Å². The molecule has 1 aliphatic rings. The van der Waals surface area contributed by atoms with E-state index in [9.17, 15) is 4.79 Å². The molecule has 0 aromatic carbocycles. The van der Waals surface area contributed by atoms with Crippen molar-refractivity contribution in [2.75, 3.05) is 40.5 Å². The highest BCUT2D eigenvalue weighted by Gasteiger charge is 2.28. The van der Waals surface area contributed by atoms with Crippen molar-refractivity contribution in [1.29, 1.82) is 0 Å². The van der Waals surface area contributed by atoms with Crippen LogP contribution in [-0.4, -0.2) is 70.9 Å². The molecule has 0 radical (unpaired) electrons. The van der Waals surface area contributed by atoms with E-state index >= 15 is 0 Å². The standard InChI is InChI=1S/C20H27N5O3S/c1-12-6-5-7-14-15(12)16-18-22-17(23-25(18)13(2)21-19(16)29-14)20(26)24(8-10-27-3)9-11-28-4/h12H,5-11H2,1-4H3/t12-/m0/s1. The lowest BCUT2D eigenvalue weighted by molar-refractivity contribution is 0.0616. The molecule has 0 saturated carbocycles. The summed E-state index contributed by atoms with van der Waals surface area (Å²) < 4.78 is 12.0. The van der Waals surface area contributed by atoms with Gasteiger partial charge in [-0.25, -0.2) is 9.97 Å². The average molecular weight is 418 g/mol. The molecule has 1 aliphatic carbocycles. The third-order valence-electron chi connectivity index (χ3n) is 5.55. The molecule has 1 atom stereocenters. The predicted molar refractivity (Wildman–Crippen MR) is 112 cm³/mol. The number of hydrogen-bond donors (Lipinski definition) is 0. The molecular weight excluding hydrogens is 390 g/mol. The third kappa shape index (κ3) is 3.62. The summed E-state index contributed by atoms with van der Waals surface area (Å²) in [4.78, 5) is 26.7. The molecule has 0 N–H and O–H groups in total. The van der Waals surface area contributed by atoms with Gasteiger partial charge in [0.1, 0.15) is 10.7 Å². The summed E-state index contributed by atoms with van der Waals surface area (Å²) in [7, 11) is 3.24. The number of carbonyl (C=O) groups excluding carboxylic acids is 1. The molecule has 1 amide bonds. The van der Waals surface area contributed by atoms with Gasteiger partial charge >= 0.3 is 0 Å². The van der Waals surface area contributed by atoms with Crippen LogP contribution >= 0.6 is 11.3 Å².